The summed E-state index contributed by atoms with van der Waals surface area (Å²) in [5, 5.41) is 11.1. The van der Waals surface area contributed by atoms with Gasteiger partial charge < -0.3 is 24.6 Å². The maximum absolute atomic E-state index is 15.0. The summed E-state index contributed by atoms with van der Waals surface area (Å²) in [5.74, 6) is -0.978. The van der Waals surface area contributed by atoms with Crippen LogP contribution in [0, 0.1) is 5.82 Å². The van der Waals surface area contributed by atoms with E-state index in [1.54, 1.807) is 30.2 Å². The van der Waals surface area contributed by atoms with Crippen molar-refractivity contribution in [3.8, 4) is 0 Å². The Hall–Kier alpha value is -3.15. The molecule has 1 aromatic heterocycles. The fourth-order valence-electron chi connectivity index (χ4n) is 3.26. The number of thioether (sulfide) groups is 1. The lowest BCUT2D eigenvalue weighted by Gasteiger charge is -2.36. The second kappa shape index (κ2) is 10.9. The minimum absolute atomic E-state index is 0.0811. The zero-order valence-corrected chi connectivity index (χ0v) is 20.7. The molecule has 3 rings (SSSR count). The zero-order chi connectivity index (χ0) is 24.9. The molecular formula is C22H29FN6O4S. The molecule has 2 heterocycles. The molecule has 0 radical (unpaired) electrons. The molecule has 12 heteroatoms. The lowest BCUT2D eigenvalue weighted by molar-refractivity contribution is 0.0240. The summed E-state index contributed by atoms with van der Waals surface area (Å²) in [7, 11) is 0. The molecule has 1 aliphatic heterocycles. The molecule has 0 atom stereocenters. The number of esters is 1. The van der Waals surface area contributed by atoms with E-state index in [2.05, 4.69) is 20.5 Å². The summed E-state index contributed by atoms with van der Waals surface area (Å²) in [4.78, 5) is 32.2. The van der Waals surface area contributed by atoms with Gasteiger partial charge in [-0.1, -0.05) is 11.8 Å². The van der Waals surface area contributed by atoms with Crippen LogP contribution in [0.3, 0.4) is 0 Å². The van der Waals surface area contributed by atoms with E-state index >= 15 is 4.39 Å². The number of benzene rings is 1. The van der Waals surface area contributed by atoms with Crippen molar-refractivity contribution < 1.29 is 23.5 Å². The number of halogens is 1. The Labute approximate surface area is 202 Å². The molecule has 1 amide bonds. The molecular weight excluding hydrogens is 463 g/mol. The summed E-state index contributed by atoms with van der Waals surface area (Å²) in [6.45, 7) is 9.14. The number of nitrogens with zero attached hydrogens (tertiary/aromatic N) is 5. The standard InChI is InChI=1S/C22H29FN6O4S/c1-6-32-19(30)17-18(25-20(34-5)27-26-17)24-14-7-8-16(15(23)13-14)28-9-11-29(12-10-28)21(31)33-22(2,3)4/h7-8,13H,6,9-12H2,1-5H3,(H,24,25,27). The zero-order valence-electron chi connectivity index (χ0n) is 19.9. The van der Waals surface area contributed by atoms with Crippen LogP contribution in [0.25, 0.3) is 0 Å². The topological polar surface area (TPSA) is 110 Å². The van der Waals surface area contributed by atoms with E-state index in [0.717, 1.165) is 0 Å². The molecule has 34 heavy (non-hydrogen) atoms. The third-order valence-electron chi connectivity index (χ3n) is 4.80. The number of carbonyl (C=O) groups excluding carboxylic acids is 2. The van der Waals surface area contributed by atoms with Crippen molar-refractivity contribution in [3.63, 3.8) is 0 Å². The van der Waals surface area contributed by atoms with Gasteiger partial charge in [-0.3, -0.25) is 0 Å². The average molecular weight is 493 g/mol. The Kier molecular flexibility index (Phi) is 8.13. The smallest absolute Gasteiger partial charge is 0.410 e. The Balaban J connectivity index is 1.71. The van der Waals surface area contributed by atoms with Crippen LogP contribution in [0.2, 0.25) is 0 Å². The van der Waals surface area contributed by atoms with Gasteiger partial charge in [0, 0.05) is 31.9 Å². The third kappa shape index (κ3) is 6.46. The molecule has 0 spiro atoms. The summed E-state index contributed by atoms with van der Waals surface area (Å²) in [5.41, 5.74) is 0.172. The highest BCUT2D eigenvalue weighted by molar-refractivity contribution is 7.98. The number of carbonyl (C=O) groups is 2. The van der Waals surface area contributed by atoms with Gasteiger partial charge in [-0.15, -0.1) is 10.2 Å². The van der Waals surface area contributed by atoms with Gasteiger partial charge >= 0.3 is 12.1 Å². The monoisotopic (exact) mass is 492 g/mol. The molecule has 2 aromatic rings. The summed E-state index contributed by atoms with van der Waals surface area (Å²) in [6, 6.07) is 4.66. The molecule has 184 valence electrons. The normalized spacial score (nSPS) is 14.1. The van der Waals surface area contributed by atoms with Crippen molar-refractivity contribution in [1.29, 1.82) is 0 Å². The lowest BCUT2D eigenvalue weighted by Crippen LogP contribution is -2.50. The quantitative estimate of drug-likeness (QED) is 0.473. The van der Waals surface area contributed by atoms with Crippen LogP contribution in [-0.2, 0) is 9.47 Å². The van der Waals surface area contributed by atoms with Crippen molar-refractivity contribution in [2.24, 2.45) is 0 Å². The molecule has 1 aromatic carbocycles. The highest BCUT2D eigenvalue weighted by Gasteiger charge is 2.27. The van der Waals surface area contributed by atoms with Crippen LogP contribution in [0.15, 0.2) is 23.4 Å². The SMILES string of the molecule is CCOC(=O)c1nnc(SC)nc1Nc1ccc(N2CCN(C(=O)OC(C)(C)C)CC2)c(F)c1. The van der Waals surface area contributed by atoms with Crippen molar-refractivity contribution in [1.82, 2.24) is 20.1 Å². The van der Waals surface area contributed by atoms with E-state index in [9.17, 15) is 9.59 Å². The molecule has 1 saturated heterocycles. The van der Waals surface area contributed by atoms with Gasteiger partial charge in [0.1, 0.15) is 11.4 Å². The number of rotatable bonds is 6. The number of nitrogens with one attached hydrogen (secondary N) is 1. The molecule has 1 aliphatic rings. The maximum Gasteiger partial charge on any atom is 0.410 e. The predicted molar refractivity (Wildman–Crippen MR) is 127 cm³/mol. The second-order valence-electron chi connectivity index (χ2n) is 8.46. The van der Waals surface area contributed by atoms with Gasteiger partial charge in [0.05, 0.1) is 12.3 Å². The first-order valence-electron chi connectivity index (χ1n) is 10.9. The Bertz CT molecular complexity index is 1040. The largest absolute Gasteiger partial charge is 0.461 e. The van der Waals surface area contributed by atoms with Gasteiger partial charge in [0.25, 0.3) is 0 Å². The van der Waals surface area contributed by atoms with Crippen LogP contribution in [0.4, 0.5) is 26.4 Å². The van der Waals surface area contributed by atoms with E-state index in [-0.39, 0.29) is 24.2 Å². The molecule has 0 unspecified atom stereocenters. The van der Waals surface area contributed by atoms with Gasteiger partial charge in [0.15, 0.2) is 5.82 Å². The summed E-state index contributed by atoms with van der Waals surface area (Å²) < 4.78 is 25.4. The van der Waals surface area contributed by atoms with Crippen LogP contribution in [-0.4, -0.2) is 76.8 Å². The van der Waals surface area contributed by atoms with Crippen LogP contribution in [0.1, 0.15) is 38.2 Å². The molecule has 0 aliphatic carbocycles. The fourth-order valence-corrected chi connectivity index (χ4v) is 3.56. The van der Waals surface area contributed by atoms with E-state index < -0.39 is 17.4 Å². The number of amides is 1. The van der Waals surface area contributed by atoms with E-state index in [1.165, 1.54) is 17.8 Å². The molecule has 0 bridgehead atoms. The van der Waals surface area contributed by atoms with Crippen molar-refractivity contribution >= 4 is 41.0 Å². The molecule has 10 nitrogen and oxygen atoms in total. The number of hydrogen-bond acceptors (Lipinski definition) is 10. The number of anilines is 3. The highest BCUT2D eigenvalue weighted by Crippen LogP contribution is 2.27. The van der Waals surface area contributed by atoms with Crippen LogP contribution < -0.4 is 10.2 Å². The van der Waals surface area contributed by atoms with E-state index in [0.29, 0.717) is 42.7 Å². The Morgan fingerprint density at radius 3 is 2.47 bits per heavy atom. The summed E-state index contributed by atoms with van der Waals surface area (Å²) in [6.07, 6.45) is 1.41. The first-order chi connectivity index (χ1) is 16.1. The third-order valence-corrected chi connectivity index (χ3v) is 5.34. The van der Waals surface area contributed by atoms with E-state index in [4.69, 9.17) is 9.47 Å². The minimum Gasteiger partial charge on any atom is -0.461 e. The number of ether oxygens (including phenoxy) is 2. The van der Waals surface area contributed by atoms with Gasteiger partial charge in [-0.2, -0.15) is 0 Å². The number of piperazine rings is 1. The lowest BCUT2D eigenvalue weighted by atomic mass is 10.2. The predicted octanol–water partition coefficient (Wildman–Crippen LogP) is 3.71. The van der Waals surface area contributed by atoms with Crippen LogP contribution >= 0.6 is 11.8 Å². The highest BCUT2D eigenvalue weighted by atomic mass is 32.2. The van der Waals surface area contributed by atoms with E-state index in [1.807, 2.05) is 25.7 Å². The Morgan fingerprint density at radius 1 is 1.18 bits per heavy atom. The number of aromatic nitrogens is 3. The Morgan fingerprint density at radius 2 is 1.88 bits per heavy atom. The van der Waals surface area contributed by atoms with Crippen molar-refractivity contribution in [2.75, 3.05) is 49.3 Å². The minimum atomic E-state index is -0.669. The number of hydrogen-bond donors (Lipinski definition) is 1. The van der Waals surface area contributed by atoms with Crippen molar-refractivity contribution in [3.05, 3.63) is 29.7 Å². The molecule has 1 fully saturated rings. The first kappa shape index (κ1) is 25.5. The average Bonchev–Trinajstić information content (AvgIpc) is 2.78. The maximum atomic E-state index is 15.0. The first-order valence-corrected chi connectivity index (χ1v) is 12.1. The van der Waals surface area contributed by atoms with Gasteiger partial charge in [-0.05, 0) is 52.1 Å². The van der Waals surface area contributed by atoms with Gasteiger partial charge in [0.2, 0.25) is 10.9 Å². The molecule has 1 N–H and O–H groups in total. The fraction of sp³-hybridized carbons (Fsp3) is 0.500. The van der Waals surface area contributed by atoms with Gasteiger partial charge in [-0.25, -0.2) is 19.0 Å². The summed E-state index contributed by atoms with van der Waals surface area (Å²) >= 11 is 1.26. The van der Waals surface area contributed by atoms with Crippen LogP contribution in [0.5, 0.6) is 0 Å². The second-order valence-corrected chi connectivity index (χ2v) is 9.24. The molecule has 0 saturated carbocycles. The van der Waals surface area contributed by atoms with Crippen molar-refractivity contribution in [2.45, 2.75) is 38.5 Å².